The van der Waals surface area contributed by atoms with Crippen LogP contribution in [-0.4, -0.2) is 55.6 Å². The second-order valence-electron chi connectivity index (χ2n) is 7.58. The second-order valence-corrected chi connectivity index (χ2v) is 7.58. The first-order chi connectivity index (χ1) is 14.1. The van der Waals surface area contributed by atoms with E-state index in [0.717, 1.165) is 50.8 Å². The summed E-state index contributed by atoms with van der Waals surface area (Å²) in [6.45, 7) is 4.80. The molecule has 29 heavy (non-hydrogen) atoms. The number of carbonyl (C=O) groups excluding carboxylic acids is 1. The molecule has 3 rings (SSSR count). The predicted octanol–water partition coefficient (Wildman–Crippen LogP) is 2.69. The van der Waals surface area contributed by atoms with Crippen LogP contribution in [-0.2, 0) is 4.79 Å². The topological polar surface area (TPSA) is 66.0 Å². The smallest absolute Gasteiger partial charge is 0.225 e. The molecule has 1 aliphatic carbocycles. The zero-order valence-corrected chi connectivity index (χ0v) is 16.9. The van der Waals surface area contributed by atoms with E-state index in [1.54, 1.807) is 0 Å². The summed E-state index contributed by atoms with van der Waals surface area (Å²) in [5.74, 6) is -0.377. The number of likely N-dealkylation sites (tertiary alicyclic amines) is 1. The highest BCUT2D eigenvalue weighted by Crippen LogP contribution is 2.27. The van der Waals surface area contributed by atoms with Crippen LogP contribution < -0.4 is 15.4 Å². The van der Waals surface area contributed by atoms with Crippen LogP contribution in [0.1, 0.15) is 39.0 Å². The minimum absolute atomic E-state index is 0.172. The second kappa shape index (κ2) is 10.4. The molecule has 2 N–H and O–H groups in total. The average molecular weight is 408 g/mol. The van der Waals surface area contributed by atoms with Gasteiger partial charge in [-0.2, -0.15) is 0 Å². The molecule has 1 unspecified atom stereocenters. The number of nitrogens with one attached hydrogen (secondary N) is 2. The van der Waals surface area contributed by atoms with Gasteiger partial charge in [-0.15, -0.1) is 0 Å². The molecule has 0 bridgehead atoms. The quantitative estimate of drug-likeness (QED) is 0.414. The molecule has 1 saturated carbocycles. The van der Waals surface area contributed by atoms with E-state index in [9.17, 15) is 13.6 Å². The van der Waals surface area contributed by atoms with Gasteiger partial charge in [-0.3, -0.25) is 4.79 Å². The molecular formula is C21H30F2N4O2. The molecule has 1 heterocycles. The Kier molecular flexibility index (Phi) is 7.66. The number of amides is 1. The van der Waals surface area contributed by atoms with Gasteiger partial charge in [0.15, 0.2) is 17.6 Å². The lowest BCUT2D eigenvalue weighted by Gasteiger charge is -2.21. The summed E-state index contributed by atoms with van der Waals surface area (Å²) < 4.78 is 31.6. The van der Waals surface area contributed by atoms with Gasteiger partial charge in [0.25, 0.3) is 0 Å². The van der Waals surface area contributed by atoms with Crippen molar-refractivity contribution in [1.29, 1.82) is 0 Å². The summed E-state index contributed by atoms with van der Waals surface area (Å²) in [4.78, 5) is 19.0. The van der Waals surface area contributed by atoms with E-state index in [2.05, 4.69) is 15.6 Å². The molecule has 0 spiro atoms. The van der Waals surface area contributed by atoms with E-state index in [-0.39, 0.29) is 24.3 Å². The summed E-state index contributed by atoms with van der Waals surface area (Å²) in [5.41, 5.74) is 0. The Morgan fingerprint density at radius 3 is 2.76 bits per heavy atom. The maximum absolute atomic E-state index is 13.2. The number of guanidine groups is 1. The van der Waals surface area contributed by atoms with Crippen molar-refractivity contribution >= 4 is 11.9 Å². The van der Waals surface area contributed by atoms with Crippen molar-refractivity contribution in [1.82, 2.24) is 15.5 Å². The summed E-state index contributed by atoms with van der Waals surface area (Å²) in [6, 6.07) is 3.63. The first-order valence-electron chi connectivity index (χ1n) is 10.5. The zero-order valence-electron chi connectivity index (χ0n) is 16.9. The minimum atomic E-state index is -0.932. The monoisotopic (exact) mass is 408 g/mol. The Morgan fingerprint density at radius 2 is 2.03 bits per heavy atom. The van der Waals surface area contributed by atoms with Crippen LogP contribution in [0.3, 0.4) is 0 Å². The number of hydrogen-bond acceptors (Lipinski definition) is 3. The number of benzene rings is 1. The van der Waals surface area contributed by atoms with Gasteiger partial charge in [0.05, 0.1) is 6.54 Å². The number of rotatable bonds is 7. The van der Waals surface area contributed by atoms with Crippen molar-refractivity contribution in [3.8, 4) is 5.75 Å². The fourth-order valence-electron chi connectivity index (χ4n) is 3.91. The Hall–Kier alpha value is -2.38. The summed E-state index contributed by atoms with van der Waals surface area (Å²) in [5, 5.41) is 6.58. The lowest BCUT2D eigenvalue weighted by atomic mass is 10.1. The Balaban J connectivity index is 1.45. The third-order valence-electron chi connectivity index (χ3n) is 5.41. The molecule has 160 valence electrons. The lowest BCUT2D eigenvalue weighted by molar-refractivity contribution is -0.134. The Labute approximate surface area is 170 Å². The van der Waals surface area contributed by atoms with Crippen LogP contribution in [0.25, 0.3) is 0 Å². The van der Waals surface area contributed by atoms with Gasteiger partial charge in [0.2, 0.25) is 5.91 Å². The predicted molar refractivity (Wildman–Crippen MR) is 108 cm³/mol. The highest BCUT2D eigenvalue weighted by Gasteiger charge is 2.32. The first-order valence-corrected chi connectivity index (χ1v) is 10.5. The number of halogens is 2. The van der Waals surface area contributed by atoms with Crippen LogP contribution in [0.2, 0.25) is 0 Å². The molecule has 1 aliphatic heterocycles. The molecule has 1 aromatic rings. The maximum Gasteiger partial charge on any atom is 0.225 e. The average Bonchev–Trinajstić information content (AvgIpc) is 3.40. The molecule has 1 atom stereocenters. The van der Waals surface area contributed by atoms with Crippen LogP contribution in [0.4, 0.5) is 8.78 Å². The van der Waals surface area contributed by atoms with Crippen molar-refractivity contribution in [3.05, 3.63) is 29.8 Å². The van der Waals surface area contributed by atoms with Crippen LogP contribution in [0.15, 0.2) is 23.2 Å². The summed E-state index contributed by atoms with van der Waals surface area (Å²) >= 11 is 0. The van der Waals surface area contributed by atoms with E-state index < -0.39 is 11.6 Å². The third kappa shape index (κ3) is 6.05. The van der Waals surface area contributed by atoms with E-state index in [1.165, 1.54) is 6.07 Å². The SMILES string of the molecule is CCNC(=NCCOc1ccc(F)c(F)c1)NC1CCN(C(=O)C2CCCC2)C1. The van der Waals surface area contributed by atoms with E-state index in [1.807, 2.05) is 11.8 Å². The molecule has 1 saturated heterocycles. The Morgan fingerprint density at radius 1 is 1.24 bits per heavy atom. The summed E-state index contributed by atoms with van der Waals surface area (Å²) in [7, 11) is 0. The van der Waals surface area contributed by atoms with Gasteiger partial charge < -0.3 is 20.3 Å². The lowest BCUT2D eigenvalue weighted by Crippen LogP contribution is -2.45. The molecule has 1 amide bonds. The summed E-state index contributed by atoms with van der Waals surface area (Å²) in [6.07, 6.45) is 5.27. The molecule has 1 aromatic carbocycles. The van der Waals surface area contributed by atoms with Gasteiger partial charge in [-0.05, 0) is 38.3 Å². The molecule has 2 aliphatic rings. The minimum Gasteiger partial charge on any atom is -0.492 e. The number of hydrogen-bond donors (Lipinski definition) is 2. The fourth-order valence-corrected chi connectivity index (χ4v) is 3.91. The Bertz CT molecular complexity index is 723. The van der Waals surface area contributed by atoms with Crippen molar-refractivity contribution in [2.75, 3.05) is 32.8 Å². The molecule has 8 heteroatoms. The standard InChI is InChI=1S/C21H30F2N4O2/c1-2-24-21(25-10-12-29-17-7-8-18(22)19(23)13-17)26-16-9-11-27(14-16)20(28)15-5-3-4-6-15/h7-8,13,15-16H,2-6,9-12,14H2,1H3,(H2,24,25,26). The fraction of sp³-hybridized carbons (Fsp3) is 0.619. The van der Waals surface area contributed by atoms with Crippen molar-refractivity contribution in [2.24, 2.45) is 10.9 Å². The number of ether oxygens (including phenoxy) is 1. The van der Waals surface area contributed by atoms with Gasteiger partial charge in [0, 0.05) is 37.7 Å². The largest absolute Gasteiger partial charge is 0.492 e. The highest BCUT2D eigenvalue weighted by atomic mass is 19.2. The van der Waals surface area contributed by atoms with E-state index in [4.69, 9.17) is 4.74 Å². The van der Waals surface area contributed by atoms with Gasteiger partial charge in [0.1, 0.15) is 12.4 Å². The number of nitrogens with zero attached hydrogens (tertiary/aromatic N) is 2. The van der Waals surface area contributed by atoms with E-state index in [0.29, 0.717) is 31.5 Å². The van der Waals surface area contributed by atoms with Crippen LogP contribution in [0, 0.1) is 17.6 Å². The maximum atomic E-state index is 13.2. The molecule has 0 aromatic heterocycles. The van der Waals surface area contributed by atoms with Gasteiger partial charge in [-0.25, -0.2) is 13.8 Å². The van der Waals surface area contributed by atoms with Crippen molar-refractivity contribution in [3.63, 3.8) is 0 Å². The van der Waals surface area contributed by atoms with Crippen LogP contribution in [0.5, 0.6) is 5.75 Å². The van der Waals surface area contributed by atoms with Gasteiger partial charge >= 0.3 is 0 Å². The molecule has 0 radical (unpaired) electrons. The van der Waals surface area contributed by atoms with Crippen LogP contribution >= 0.6 is 0 Å². The number of aliphatic imine (C=N–C) groups is 1. The van der Waals surface area contributed by atoms with Gasteiger partial charge in [-0.1, -0.05) is 12.8 Å². The third-order valence-corrected chi connectivity index (χ3v) is 5.41. The number of carbonyl (C=O) groups is 1. The molecule has 6 nitrogen and oxygen atoms in total. The zero-order chi connectivity index (χ0) is 20.6. The van der Waals surface area contributed by atoms with Crippen molar-refractivity contribution in [2.45, 2.75) is 45.1 Å². The normalized spacial score (nSPS) is 20.2. The molecule has 2 fully saturated rings. The molecular weight excluding hydrogens is 378 g/mol. The first kappa shape index (κ1) is 21.3. The van der Waals surface area contributed by atoms with E-state index >= 15 is 0 Å². The van der Waals surface area contributed by atoms with Crippen molar-refractivity contribution < 1.29 is 18.3 Å². The highest BCUT2D eigenvalue weighted by molar-refractivity contribution is 5.81.